The third-order valence-electron chi connectivity index (χ3n) is 11.1. The molecule has 4 fully saturated rings. The molecule has 0 saturated heterocycles. The third kappa shape index (κ3) is 9.59. The van der Waals surface area contributed by atoms with Crippen molar-refractivity contribution >= 4 is 25.2 Å². The Hall–Kier alpha value is -2.35. The van der Waals surface area contributed by atoms with Crippen molar-refractivity contribution in [2.24, 2.45) is 29.6 Å². The van der Waals surface area contributed by atoms with Crippen LogP contribution in [0.25, 0.3) is 0 Å². The van der Waals surface area contributed by atoms with E-state index in [-0.39, 0.29) is 41.4 Å². The highest BCUT2D eigenvalue weighted by atomic mass is 16.6. The Morgan fingerprint density at radius 2 is 1.58 bits per heavy atom. The topological polar surface area (TPSA) is 82.1 Å². The first-order chi connectivity index (χ1) is 21.5. The van der Waals surface area contributed by atoms with Crippen LogP contribution in [0.15, 0.2) is 30.3 Å². The second-order valence-corrected chi connectivity index (χ2v) is 15.2. The monoisotopic (exact) mass is 623 g/mol. The highest BCUT2D eigenvalue weighted by Crippen LogP contribution is 2.57. The van der Waals surface area contributed by atoms with Gasteiger partial charge in [-0.15, -0.1) is 0 Å². The molecular weight excluding hydrogens is 565 g/mol. The van der Waals surface area contributed by atoms with Crippen molar-refractivity contribution < 1.29 is 28.6 Å². The molecule has 4 aliphatic carbocycles. The minimum absolute atomic E-state index is 0.148. The number of benzene rings is 1. The molecule has 4 saturated carbocycles. The van der Waals surface area contributed by atoms with E-state index in [0.717, 1.165) is 37.7 Å². The van der Waals surface area contributed by atoms with E-state index in [1.54, 1.807) is 0 Å². The summed E-state index contributed by atoms with van der Waals surface area (Å²) in [4.78, 5) is 42.5. The van der Waals surface area contributed by atoms with Gasteiger partial charge in [0.25, 0.3) is 0 Å². The van der Waals surface area contributed by atoms with Crippen LogP contribution in [0, 0.1) is 29.6 Å². The Labute approximate surface area is 272 Å². The number of likely N-dealkylation sites (N-methyl/N-ethyl adjacent to an activating group) is 1. The van der Waals surface area contributed by atoms with E-state index in [4.69, 9.17) is 14.2 Å². The van der Waals surface area contributed by atoms with E-state index in [0.29, 0.717) is 63.8 Å². The SMILES string of the molecule is CCCC(OC(=O)C(C)CCC(CBC(C)(CC)C(=O)OCCN(C)C)C(=O)OC12CC3CC(CC(C3)C1)C2)c1ccccc1. The Morgan fingerprint density at radius 3 is 2.13 bits per heavy atom. The summed E-state index contributed by atoms with van der Waals surface area (Å²) in [5.41, 5.74) is 0.685. The number of esters is 3. The molecule has 0 amide bonds. The van der Waals surface area contributed by atoms with Crippen molar-refractivity contribution in [3.63, 3.8) is 0 Å². The summed E-state index contributed by atoms with van der Waals surface area (Å²) in [6.07, 6.45) is 10.4. The number of hydrogen-bond acceptors (Lipinski definition) is 7. The largest absolute Gasteiger partial charge is 0.464 e. The fourth-order valence-corrected chi connectivity index (χ4v) is 8.29. The molecule has 4 unspecified atom stereocenters. The lowest BCUT2D eigenvalue weighted by molar-refractivity contribution is -0.191. The number of ether oxygens (including phenoxy) is 3. The van der Waals surface area contributed by atoms with Crippen LogP contribution in [0.5, 0.6) is 0 Å². The molecule has 5 rings (SSSR count). The first-order valence-corrected chi connectivity index (χ1v) is 17.8. The summed E-state index contributed by atoms with van der Waals surface area (Å²) in [5, 5.41) is -0.681. The van der Waals surface area contributed by atoms with Gasteiger partial charge >= 0.3 is 17.9 Å². The van der Waals surface area contributed by atoms with Gasteiger partial charge in [-0.25, -0.2) is 0 Å². The molecular formula is C37H58BNO6. The maximum Gasteiger partial charge on any atom is 0.309 e. The van der Waals surface area contributed by atoms with Gasteiger partial charge in [-0.2, -0.15) is 0 Å². The Balaban J connectivity index is 1.42. The smallest absolute Gasteiger partial charge is 0.309 e. The fourth-order valence-electron chi connectivity index (χ4n) is 8.29. The number of rotatable bonds is 18. The average Bonchev–Trinajstić information content (AvgIpc) is 2.99. The van der Waals surface area contributed by atoms with Gasteiger partial charge in [-0.1, -0.05) is 70.8 Å². The molecule has 4 aliphatic rings. The van der Waals surface area contributed by atoms with E-state index in [1.165, 1.54) is 19.3 Å². The standard InChI is InChI=1S/C37H58BNO6/c1-7-12-32(30-13-10-9-11-14-30)44-33(40)26(3)15-16-31(25-38-36(4,8-2)35(42)43-18-17-39(5)6)34(41)45-37-22-27-19-28(23-37)21-29(20-27)24-37/h9-11,13-14,26-29,31-32,38H,7-8,12,15-25H2,1-6H3. The molecule has 0 N–H and O–H groups in total. The predicted octanol–water partition coefficient (Wildman–Crippen LogP) is 7.16. The minimum Gasteiger partial charge on any atom is -0.464 e. The summed E-state index contributed by atoms with van der Waals surface area (Å²) in [6.45, 7) is 8.96. The molecule has 4 bridgehead atoms. The lowest BCUT2D eigenvalue weighted by atomic mass is 9.48. The minimum atomic E-state index is -0.681. The highest BCUT2D eigenvalue weighted by Gasteiger charge is 2.53. The van der Waals surface area contributed by atoms with Gasteiger partial charge in [-0.3, -0.25) is 14.4 Å². The van der Waals surface area contributed by atoms with E-state index in [1.807, 2.05) is 70.1 Å². The van der Waals surface area contributed by atoms with Crippen LogP contribution in [0.3, 0.4) is 0 Å². The van der Waals surface area contributed by atoms with Gasteiger partial charge in [0.05, 0.1) is 11.8 Å². The second-order valence-electron chi connectivity index (χ2n) is 15.2. The molecule has 7 nitrogen and oxygen atoms in total. The van der Waals surface area contributed by atoms with E-state index >= 15 is 0 Å². The molecule has 8 heteroatoms. The number of carbonyl (C=O) groups excluding carboxylic acids is 3. The lowest BCUT2D eigenvalue weighted by Crippen LogP contribution is -2.53. The second kappa shape index (κ2) is 16.0. The van der Waals surface area contributed by atoms with Gasteiger partial charge in [0.1, 0.15) is 25.6 Å². The molecule has 0 aliphatic heterocycles. The van der Waals surface area contributed by atoms with Crippen LogP contribution in [0.2, 0.25) is 11.6 Å². The third-order valence-corrected chi connectivity index (χ3v) is 11.1. The summed E-state index contributed by atoms with van der Waals surface area (Å²) < 4.78 is 18.2. The maximum absolute atomic E-state index is 14.0. The lowest BCUT2D eigenvalue weighted by Gasteiger charge is -2.55. The average molecular weight is 624 g/mol. The molecule has 45 heavy (non-hydrogen) atoms. The van der Waals surface area contributed by atoms with Crippen molar-refractivity contribution in [1.29, 1.82) is 0 Å². The number of hydrogen-bond donors (Lipinski definition) is 0. The van der Waals surface area contributed by atoms with E-state index < -0.39 is 5.31 Å². The van der Waals surface area contributed by atoms with Crippen molar-refractivity contribution in [2.75, 3.05) is 27.2 Å². The fraction of sp³-hybridized carbons (Fsp3) is 0.757. The van der Waals surface area contributed by atoms with Crippen LogP contribution in [0.1, 0.15) is 110 Å². The molecule has 0 heterocycles. The highest BCUT2D eigenvalue weighted by molar-refractivity contribution is 6.47. The summed E-state index contributed by atoms with van der Waals surface area (Å²) in [6, 6.07) is 9.91. The Morgan fingerprint density at radius 1 is 0.956 bits per heavy atom. The van der Waals surface area contributed by atoms with E-state index in [9.17, 15) is 14.4 Å². The number of nitrogens with zero attached hydrogens (tertiary/aromatic N) is 1. The summed E-state index contributed by atoms with van der Waals surface area (Å²) >= 11 is 0. The predicted molar refractivity (Wildman–Crippen MR) is 179 cm³/mol. The molecule has 250 valence electrons. The zero-order valence-corrected chi connectivity index (χ0v) is 28.9. The molecule has 1 aromatic rings. The quantitative estimate of drug-likeness (QED) is 0.0975. The zero-order chi connectivity index (χ0) is 32.6. The Kier molecular flexibility index (Phi) is 12.6. The van der Waals surface area contributed by atoms with Gasteiger partial charge in [0.15, 0.2) is 0 Å². The van der Waals surface area contributed by atoms with Crippen molar-refractivity contribution in [2.45, 2.75) is 122 Å². The normalized spacial score (nSPS) is 26.9. The first kappa shape index (κ1) is 35.5. The van der Waals surface area contributed by atoms with Crippen LogP contribution in [0.4, 0.5) is 0 Å². The van der Waals surface area contributed by atoms with E-state index in [2.05, 4.69) is 6.92 Å². The van der Waals surface area contributed by atoms with Gasteiger partial charge < -0.3 is 19.1 Å². The molecule has 0 aromatic heterocycles. The van der Waals surface area contributed by atoms with Gasteiger partial charge in [0, 0.05) is 11.9 Å². The Bertz CT molecular complexity index is 1090. The molecule has 0 radical (unpaired) electrons. The molecule has 1 aromatic carbocycles. The van der Waals surface area contributed by atoms with Gasteiger partial charge in [0.2, 0.25) is 0 Å². The molecule has 0 spiro atoms. The van der Waals surface area contributed by atoms with Crippen LogP contribution < -0.4 is 0 Å². The zero-order valence-electron chi connectivity index (χ0n) is 28.9. The number of carbonyl (C=O) groups is 3. The maximum atomic E-state index is 14.0. The van der Waals surface area contributed by atoms with Crippen LogP contribution in [-0.2, 0) is 28.6 Å². The van der Waals surface area contributed by atoms with Crippen LogP contribution in [-0.4, -0.2) is 62.9 Å². The molecule has 4 atom stereocenters. The summed E-state index contributed by atoms with van der Waals surface area (Å²) in [5.74, 6) is 0.721. The summed E-state index contributed by atoms with van der Waals surface area (Å²) in [7, 11) is 4.45. The van der Waals surface area contributed by atoms with Crippen molar-refractivity contribution in [3.05, 3.63) is 35.9 Å². The first-order valence-electron chi connectivity index (χ1n) is 17.8. The van der Waals surface area contributed by atoms with Crippen LogP contribution >= 0.6 is 0 Å². The van der Waals surface area contributed by atoms with Crippen molar-refractivity contribution in [1.82, 2.24) is 4.90 Å². The van der Waals surface area contributed by atoms with Crippen molar-refractivity contribution in [3.8, 4) is 0 Å². The van der Waals surface area contributed by atoms with Gasteiger partial charge in [-0.05, 0) is 102 Å².